The number of aryl methyl sites for hydroxylation is 4. The number of benzene rings is 2. The van der Waals surface area contributed by atoms with Crippen LogP contribution in [0.15, 0.2) is 52.4 Å². The number of H-pyrrole nitrogens is 1. The van der Waals surface area contributed by atoms with E-state index in [2.05, 4.69) is 15.3 Å². The third kappa shape index (κ3) is 5.35. The van der Waals surface area contributed by atoms with E-state index in [0.717, 1.165) is 33.7 Å². The molecule has 0 saturated carbocycles. The Kier molecular flexibility index (Phi) is 6.54. The van der Waals surface area contributed by atoms with Gasteiger partial charge in [0.2, 0.25) is 5.91 Å². The molecule has 150 valence electrons. The largest absolute Gasteiger partial charge is 0.325 e. The zero-order valence-electron chi connectivity index (χ0n) is 17.1. The Hall–Kier alpha value is -2.86. The number of hydrogen-bond acceptors (Lipinski definition) is 4. The third-order valence-corrected chi connectivity index (χ3v) is 5.64. The van der Waals surface area contributed by atoms with Gasteiger partial charge >= 0.3 is 0 Å². The van der Waals surface area contributed by atoms with Gasteiger partial charge in [0.1, 0.15) is 0 Å². The molecule has 5 nitrogen and oxygen atoms in total. The molecular formula is C23H25N3O2S. The molecule has 1 aromatic heterocycles. The Bertz CT molecular complexity index is 1070. The van der Waals surface area contributed by atoms with Gasteiger partial charge in [0, 0.05) is 22.7 Å². The second-order valence-corrected chi connectivity index (χ2v) is 8.17. The molecule has 0 spiro atoms. The second-order valence-electron chi connectivity index (χ2n) is 7.21. The summed E-state index contributed by atoms with van der Waals surface area (Å²) in [6.07, 6.45) is -0.00937. The van der Waals surface area contributed by atoms with Crippen LogP contribution < -0.4 is 10.9 Å². The predicted octanol–water partition coefficient (Wildman–Crippen LogP) is 4.48. The standard InChI is InChI=1S/C23H25N3O2S/c1-14-10-15(2)21(16(3)11-14)25-20(27)12-19-17(4)24-23(26-22(19)28)29-13-18-8-6-5-7-9-18/h5-11H,12-13H2,1-4H3,(H,25,27)(H,24,26,28). The van der Waals surface area contributed by atoms with Crippen LogP contribution in [0, 0.1) is 27.7 Å². The minimum atomic E-state index is -0.263. The van der Waals surface area contributed by atoms with E-state index >= 15 is 0 Å². The zero-order valence-corrected chi connectivity index (χ0v) is 17.9. The van der Waals surface area contributed by atoms with Gasteiger partial charge in [-0.15, -0.1) is 0 Å². The molecule has 0 fully saturated rings. The summed E-state index contributed by atoms with van der Waals surface area (Å²) in [5, 5.41) is 3.51. The Balaban J connectivity index is 1.71. The van der Waals surface area contributed by atoms with Crippen molar-refractivity contribution in [1.29, 1.82) is 0 Å². The van der Waals surface area contributed by atoms with Crippen LogP contribution in [0.1, 0.15) is 33.5 Å². The fourth-order valence-corrected chi connectivity index (χ4v) is 4.17. The Morgan fingerprint density at radius 2 is 1.72 bits per heavy atom. The van der Waals surface area contributed by atoms with E-state index < -0.39 is 0 Å². The average Bonchev–Trinajstić information content (AvgIpc) is 2.67. The number of nitrogens with zero attached hydrogens (tertiary/aromatic N) is 1. The number of thioether (sulfide) groups is 1. The second kappa shape index (κ2) is 9.09. The normalized spacial score (nSPS) is 10.8. The van der Waals surface area contributed by atoms with Gasteiger partial charge in [-0.25, -0.2) is 4.98 Å². The van der Waals surface area contributed by atoms with E-state index in [9.17, 15) is 9.59 Å². The fraction of sp³-hybridized carbons (Fsp3) is 0.261. The maximum absolute atomic E-state index is 12.6. The molecule has 0 bridgehead atoms. The monoisotopic (exact) mass is 407 g/mol. The third-order valence-electron chi connectivity index (χ3n) is 4.70. The number of amides is 1. The summed E-state index contributed by atoms with van der Waals surface area (Å²) in [4.78, 5) is 32.4. The summed E-state index contributed by atoms with van der Waals surface area (Å²) in [7, 11) is 0. The zero-order chi connectivity index (χ0) is 21.0. The molecule has 1 heterocycles. The first-order chi connectivity index (χ1) is 13.8. The van der Waals surface area contributed by atoms with E-state index in [4.69, 9.17) is 0 Å². The smallest absolute Gasteiger partial charge is 0.255 e. The van der Waals surface area contributed by atoms with Crippen LogP contribution in [0.4, 0.5) is 5.69 Å². The van der Waals surface area contributed by atoms with E-state index in [1.54, 1.807) is 6.92 Å². The van der Waals surface area contributed by atoms with Crippen LogP contribution in [-0.2, 0) is 17.0 Å². The maximum atomic E-state index is 12.6. The molecule has 0 aliphatic carbocycles. The number of carbonyl (C=O) groups is 1. The SMILES string of the molecule is Cc1cc(C)c(NC(=O)Cc2c(C)nc(SCc3ccccc3)[nH]c2=O)c(C)c1. The van der Waals surface area contributed by atoms with Crippen LogP contribution in [-0.4, -0.2) is 15.9 Å². The highest BCUT2D eigenvalue weighted by Gasteiger charge is 2.15. The van der Waals surface area contributed by atoms with Crippen molar-refractivity contribution in [1.82, 2.24) is 9.97 Å². The molecule has 3 rings (SSSR count). The quantitative estimate of drug-likeness (QED) is 0.467. The lowest BCUT2D eigenvalue weighted by Gasteiger charge is -2.13. The highest BCUT2D eigenvalue weighted by atomic mass is 32.2. The highest BCUT2D eigenvalue weighted by molar-refractivity contribution is 7.98. The number of rotatable bonds is 6. The number of nitrogens with one attached hydrogen (secondary N) is 2. The molecule has 1 amide bonds. The summed E-state index contributed by atoms with van der Waals surface area (Å²) in [5.41, 5.74) is 5.84. The van der Waals surface area contributed by atoms with E-state index in [0.29, 0.717) is 16.4 Å². The lowest BCUT2D eigenvalue weighted by atomic mass is 10.0. The van der Waals surface area contributed by atoms with Gasteiger partial charge in [-0.05, 0) is 44.4 Å². The first kappa shape index (κ1) is 20.9. The summed E-state index contributed by atoms with van der Waals surface area (Å²) in [6, 6.07) is 14.1. The van der Waals surface area contributed by atoms with Gasteiger partial charge < -0.3 is 10.3 Å². The topological polar surface area (TPSA) is 74.8 Å². The number of aromatic nitrogens is 2. The molecule has 29 heavy (non-hydrogen) atoms. The Morgan fingerprint density at radius 3 is 2.34 bits per heavy atom. The van der Waals surface area contributed by atoms with Gasteiger partial charge in [-0.3, -0.25) is 9.59 Å². The number of aromatic amines is 1. The van der Waals surface area contributed by atoms with Crippen LogP contribution in [0.25, 0.3) is 0 Å². The average molecular weight is 408 g/mol. The summed E-state index contributed by atoms with van der Waals surface area (Å²) >= 11 is 1.47. The first-order valence-corrected chi connectivity index (χ1v) is 10.5. The molecule has 2 N–H and O–H groups in total. The molecule has 0 atom stereocenters. The molecular weight excluding hydrogens is 382 g/mol. The molecule has 2 aromatic carbocycles. The summed E-state index contributed by atoms with van der Waals surface area (Å²) < 4.78 is 0. The number of hydrogen-bond donors (Lipinski definition) is 2. The molecule has 0 radical (unpaired) electrons. The highest BCUT2D eigenvalue weighted by Crippen LogP contribution is 2.22. The van der Waals surface area contributed by atoms with Crippen molar-refractivity contribution in [3.63, 3.8) is 0 Å². The minimum Gasteiger partial charge on any atom is -0.325 e. The van der Waals surface area contributed by atoms with Crippen molar-refractivity contribution >= 4 is 23.4 Å². The Morgan fingerprint density at radius 1 is 1.07 bits per heavy atom. The first-order valence-electron chi connectivity index (χ1n) is 9.47. The van der Waals surface area contributed by atoms with Gasteiger partial charge in [0.25, 0.3) is 5.56 Å². The van der Waals surface area contributed by atoms with Crippen molar-refractivity contribution in [2.75, 3.05) is 5.32 Å². The van der Waals surface area contributed by atoms with Crippen LogP contribution in [0.2, 0.25) is 0 Å². The van der Waals surface area contributed by atoms with Crippen molar-refractivity contribution in [3.8, 4) is 0 Å². The van der Waals surface area contributed by atoms with Crippen LogP contribution in [0.5, 0.6) is 0 Å². The lowest BCUT2D eigenvalue weighted by Crippen LogP contribution is -2.24. The Labute approximate surface area is 175 Å². The van der Waals surface area contributed by atoms with E-state index in [1.165, 1.54) is 11.8 Å². The van der Waals surface area contributed by atoms with Crippen molar-refractivity contribution < 1.29 is 4.79 Å². The van der Waals surface area contributed by atoms with Gasteiger partial charge in [0.15, 0.2) is 5.16 Å². The molecule has 0 aliphatic rings. The van der Waals surface area contributed by atoms with Crippen molar-refractivity contribution in [2.24, 2.45) is 0 Å². The summed E-state index contributed by atoms with van der Waals surface area (Å²) in [5.74, 6) is 0.495. The van der Waals surface area contributed by atoms with E-state index in [-0.39, 0.29) is 17.9 Å². The van der Waals surface area contributed by atoms with Gasteiger partial charge in [-0.1, -0.05) is 59.8 Å². The van der Waals surface area contributed by atoms with Gasteiger partial charge in [0.05, 0.1) is 6.42 Å². The molecule has 0 saturated heterocycles. The molecule has 0 aliphatic heterocycles. The van der Waals surface area contributed by atoms with Crippen molar-refractivity contribution in [2.45, 2.75) is 45.0 Å². The number of anilines is 1. The number of carbonyl (C=O) groups excluding carboxylic acids is 1. The predicted molar refractivity (Wildman–Crippen MR) is 119 cm³/mol. The van der Waals surface area contributed by atoms with Crippen molar-refractivity contribution in [3.05, 3.63) is 86.3 Å². The fourth-order valence-electron chi connectivity index (χ4n) is 3.31. The van der Waals surface area contributed by atoms with Crippen LogP contribution >= 0.6 is 11.8 Å². The van der Waals surface area contributed by atoms with E-state index in [1.807, 2.05) is 63.2 Å². The molecule has 0 unspecified atom stereocenters. The van der Waals surface area contributed by atoms with Crippen LogP contribution in [0.3, 0.4) is 0 Å². The molecule has 6 heteroatoms. The lowest BCUT2D eigenvalue weighted by molar-refractivity contribution is -0.115. The van der Waals surface area contributed by atoms with Gasteiger partial charge in [-0.2, -0.15) is 0 Å². The molecule has 3 aromatic rings. The maximum Gasteiger partial charge on any atom is 0.255 e. The summed E-state index contributed by atoms with van der Waals surface area (Å²) in [6.45, 7) is 7.73. The minimum absolute atomic E-state index is 0.00937.